The second-order valence-corrected chi connectivity index (χ2v) is 9.37. The summed E-state index contributed by atoms with van der Waals surface area (Å²) in [6.45, 7) is 10.1. The van der Waals surface area contributed by atoms with Crippen LogP contribution in [0.2, 0.25) is 0 Å². The Morgan fingerprint density at radius 3 is 1.38 bits per heavy atom. The van der Waals surface area contributed by atoms with Gasteiger partial charge in [-0.3, -0.25) is 10.1 Å². The fourth-order valence-corrected chi connectivity index (χ4v) is 4.81. The van der Waals surface area contributed by atoms with Crippen molar-refractivity contribution in [3.05, 3.63) is 138 Å². The van der Waals surface area contributed by atoms with Gasteiger partial charge in [0.1, 0.15) is 11.8 Å². The van der Waals surface area contributed by atoms with Crippen molar-refractivity contribution in [3.63, 3.8) is 0 Å². The highest BCUT2D eigenvalue weighted by molar-refractivity contribution is 5.74. The SMILES string of the molecule is CCN(CC)CC.O=C(O)[C@H](Cc1ccc(O)cc1)NC(c1ccccc1)(c1ccccc1)c1ccccc1. The van der Waals surface area contributed by atoms with Crippen LogP contribution in [0.3, 0.4) is 0 Å². The third-order valence-electron chi connectivity index (χ3n) is 7.03. The normalized spacial score (nSPS) is 11.9. The van der Waals surface area contributed by atoms with Gasteiger partial charge < -0.3 is 15.1 Å². The van der Waals surface area contributed by atoms with Gasteiger partial charge in [-0.05, 0) is 60.4 Å². The summed E-state index contributed by atoms with van der Waals surface area (Å²) in [5.74, 6) is -0.786. The van der Waals surface area contributed by atoms with E-state index in [4.69, 9.17) is 0 Å². The highest BCUT2D eigenvalue weighted by atomic mass is 16.4. The molecule has 0 aliphatic carbocycles. The second-order valence-electron chi connectivity index (χ2n) is 9.37. The number of nitrogens with one attached hydrogen (secondary N) is 1. The van der Waals surface area contributed by atoms with Crippen LogP contribution in [0.25, 0.3) is 0 Å². The van der Waals surface area contributed by atoms with Crippen LogP contribution in [-0.4, -0.2) is 46.8 Å². The topological polar surface area (TPSA) is 72.8 Å². The molecule has 0 aliphatic rings. The smallest absolute Gasteiger partial charge is 0.321 e. The van der Waals surface area contributed by atoms with E-state index in [9.17, 15) is 15.0 Å². The van der Waals surface area contributed by atoms with Crippen molar-refractivity contribution in [3.8, 4) is 5.75 Å². The molecule has 0 saturated heterocycles. The van der Waals surface area contributed by atoms with E-state index in [-0.39, 0.29) is 12.2 Å². The molecule has 5 nitrogen and oxygen atoms in total. The highest BCUT2D eigenvalue weighted by Crippen LogP contribution is 2.37. The Bertz CT molecular complexity index is 1140. The number of phenols is 1. The molecule has 0 aromatic heterocycles. The van der Waals surface area contributed by atoms with Gasteiger partial charge in [-0.15, -0.1) is 0 Å². The maximum atomic E-state index is 12.4. The first-order valence-electron chi connectivity index (χ1n) is 13.6. The van der Waals surface area contributed by atoms with E-state index in [1.807, 2.05) is 91.0 Å². The minimum absolute atomic E-state index is 0.154. The van der Waals surface area contributed by atoms with Crippen LogP contribution in [0.5, 0.6) is 5.75 Å². The molecule has 0 bridgehead atoms. The van der Waals surface area contributed by atoms with Crippen LogP contribution in [0.15, 0.2) is 115 Å². The molecule has 0 fully saturated rings. The van der Waals surface area contributed by atoms with Crippen LogP contribution in [0.4, 0.5) is 0 Å². The molecular formula is C34H40N2O3. The van der Waals surface area contributed by atoms with Crippen molar-refractivity contribution in [2.24, 2.45) is 0 Å². The predicted molar refractivity (Wildman–Crippen MR) is 159 cm³/mol. The fraction of sp³-hybridized carbons (Fsp3) is 0.265. The Labute approximate surface area is 232 Å². The second kappa shape index (κ2) is 14.9. The predicted octanol–water partition coefficient (Wildman–Crippen LogP) is 6.32. The van der Waals surface area contributed by atoms with E-state index in [0.29, 0.717) is 0 Å². The largest absolute Gasteiger partial charge is 0.508 e. The van der Waals surface area contributed by atoms with E-state index >= 15 is 0 Å². The monoisotopic (exact) mass is 524 g/mol. The molecule has 0 aliphatic heterocycles. The summed E-state index contributed by atoms with van der Waals surface area (Å²) in [5.41, 5.74) is 2.81. The lowest BCUT2D eigenvalue weighted by Gasteiger charge is -2.39. The molecule has 4 aromatic rings. The minimum atomic E-state index is -0.940. The lowest BCUT2D eigenvalue weighted by Crippen LogP contribution is -2.53. The van der Waals surface area contributed by atoms with E-state index in [0.717, 1.165) is 22.3 Å². The molecule has 3 N–H and O–H groups in total. The molecular weight excluding hydrogens is 484 g/mol. The zero-order valence-electron chi connectivity index (χ0n) is 23.1. The maximum absolute atomic E-state index is 12.4. The van der Waals surface area contributed by atoms with E-state index in [2.05, 4.69) is 31.0 Å². The number of hydrogen-bond donors (Lipinski definition) is 3. The summed E-state index contributed by atoms with van der Waals surface area (Å²) in [7, 11) is 0. The number of phenolic OH excluding ortho intramolecular Hbond substituents is 1. The Balaban J connectivity index is 0.000000532. The molecule has 0 spiro atoms. The van der Waals surface area contributed by atoms with Gasteiger partial charge in [0.2, 0.25) is 0 Å². The number of nitrogens with zero attached hydrogens (tertiary/aromatic N) is 1. The number of aromatic hydroxyl groups is 1. The van der Waals surface area contributed by atoms with Crippen molar-refractivity contribution < 1.29 is 15.0 Å². The molecule has 39 heavy (non-hydrogen) atoms. The molecule has 0 amide bonds. The van der Waals surface area contributed by atoms with E-state index in [1.165, 1.54) is 19.6 Å². The zero-order valence-corrected chi connectivity index (χ0v) is 23.1. The summed E-state index contributed by atoms with van der Waals surface area (Å²) in [6.07, 6.45) is 0.268. The first-order valence-corrected chi connectivity index (χ1v) is 13.6. The molecule has 4 aromatic carbocycles. The van der Waals surface area contributed by atoms with Crippen LogP contribution < -0.4 is 5.32 Å². The average Bonchev–Trinajstić information content (AvgIpc) is 2.99. The van der Waals surface area contributed by atoms with E-state index < -0.39 is 17.6 Å². The van der Waals surface area contributed by atoms with Crippen molar-refractivity contribution >= 4 is 5.97 Å². The summed E-state index contributed by atoms with van der Waals surface area (Å²) in [5, 5.41) is 23.3. The first-order chi connectivity index (χ1) is 18.9. The van der Waals surface area contributed by atoms with Crippen molar-refractivity contribution in [2.75, 3.05) is 19.6 Å². The molecule has 0 radical (unpaired) electrons. The summed E-state index contributed by atoms with van der Waals surface area (Å²) in [4.78, 5) is 14.8. The number of hydrogen-bond acceptors (Lipinski definition) is 4. The van der Waals surface area contributed by atoms with Crippen molar-refractivity contribution in [1.82, 2.24) is 10.2 Å². The fourth-order valence-electron chi connectivity index (χ4n) is 4.81. The Hall–Kier alpha value is -3.93. The number of carboxylic acid groups (broad SMARTS) is 1. The van der Waals surface area contributed by atoms with Gasteiger partial charge in [0.15, 0.2) is 0 Å². The third kappa shape index (κ3) is 7.79. The minimum Gasteiger partial charge on any atom is -0.508 e. The molecule has 0 heterocycles. The highest BCUT2D eigenvalue weighted by Gasteiger charge is 2.39. The number of rotatable bonds is 11. The standard InChI is InChI=1S/C28H25NO3.C6H15N/c30-25-18-16-21(17-19-25)20-26(27(31)32)29-28(22-10-4-1-5-11-22,23-12-6-2-7-13-23)24-14-8-3-9-15-24;1-4-7(5-2)6-3/h1-19,26,29-30H,20H2,(H,31,32);4-6H2,1-3H3/t26-;/m0./s1. The number of benzene rings is 4. The lowest BCUT2D eigenvalue weighted by atomic mass is 9.76. The number of carboxylic acids is 1. The number of carbonyl (C=O) groups is 1. The van der Waals surface area contributed by atoms with Gasteiger partial charge in [0.25, 0.3) is 0 Å². The van der Waals surface area contributed by atoms with Gasteiger partial charge in [-0.25, -0.2) is 0 Å². The molecule has 1 atom stereocenters. The van der Waals surface area contributed by atoms with Crippen molar-refractivity contribution in [2.45, 2.75) is 38.8 Å². The third-order valence-corrected chi connectivity index (χ3v) is 7.03. The maximum Gasteiger partial charge on any atom is 0.321 e. The van der Waals surface area contributed by atoms with Crippen molar-refractivity contribution in [1.29, 1.82) is 0 Å². The van der Waals surface area contributed by atoms with Gasteiger partial charge in [-0.2, -0.15) is 0 Å². The van der Waals surface area contributed by atoms with Crippen LogP contribution >= 0.6 is 0 Å². The summed E-state index contributed by atoms with van der Waals surface area (Å²) >= 11 is 0. The Morgan fingerprint density at radius 2 is 1.08 bits per heavy atom. The lowest BCUT2D eigenvalue weighted by molar-refractivity contribution is -0.139. The van der Waals surface area contributed by atoms with Crippen LogP contribution in [0.1, 0.15) is 43.0 Å². The Kier molecular flexibility index (Phi) is 11.3. The summed E-state index contributed by atoms with van der Waals surface area (Å²) < 4.78 is 0. The molecule has 0 saturated carbocycles. The van der Waals surface area contributed by atoms with Crippen LogP contribution in [0, 0.1) is 0 Å². The first kappa shape index (κ1) is 29.6. The molecule has 4 rings (SSSR count). The van der Waals surface area contributed by atoms with Crippen LogP contribution in [-0.2, 0) is 16.8 Å². The van der Waals surface area contributed by atoms with Gasteiger partial charge in [-0.1, -0.05) is 124 Å². The quantitative estimate of drug-likeness (QED) is 0.200. The number of aliphatic carboxylic acids is 1. The molecule has 0 unspecified atom stereocenters. The Morgan fingerprint density at radius 1 is 0.692 bits per heavy atom. The van der Waals surface area contributed by atoms with E-state index in [1.54, 1.807) is 24.3 Å². The average molecular weight is 525 g/mol. The van der Waals surface area contributed by atoms with Gasteiger partial charge in [0, 0.05) is 0 Å². The molecule has 204 valence electrons. The molecule has 5 heteroatoms. The summed E-state index contributed by atoms with van der Waals surface area (Å²) in [6, 6.07) is 35.6. The zero-order chi connectivity index (χ0) is 28.1. The van der Waals surface area contributed by atoms with Gasteiger partial charge in [0.05, 0.1) is 5.54 Å². The van der Waals surface area contributed by atoms with Gasteiger partial charge >= 0.3 is 5.97 Å².